The first kappa shape index (κ1) is 16.1. The van der Waals surface area contributed by atoms with E-state index in [1.54, 1.807) is 13.2 Å². The molecular weight excluding hydrogens is 339 g/mol. The molecule has 7 nitrogen and oxygen atoms in total. The molecule has 0 atom stereocenters. The van der Waals surface area contributed by atoms with Crippen molar-refractivity contribution in [1.82, 2.24) is 19.9 Å². The molecule has 2 bridgehead atoms. The number of benzene rings is 1. The molecule has 0 spiro atoms. The Morgan fingerprint density at radius 1 is 1.35 bits per heavy atom. The number of hydrogen-bond donors (Lipinski definition) is 1. The van der Waals surface area contributed by atoms with Gasteiger partial charge >= 0.3 is 0 Å². The van der Waals surface area contributed by atoms with Gasteiger partial charge in [-0.2, -0.15) is 0 Å². The molecule has 0 aliphatic carbocycles. The third-order valence-corrected chi connectivity index (χ3v) is 4.09. The van der Waals surface area contributed by atoms with E-state index in [1.165, 1.54) is 29.3 Å². The van der Waals surface area contributed by atoms with Crippen LogP contribution >= 0.6 is 0 Å². The van der Waals surface area contributed by atoms with Gasteiger partial charge in [0.1, 0.15) is 29.4 Å². The number of rotatable bonds is 0. The minimum atomic E-state index is -0.442. The summed E-state index contributed by atoms with van der Waals surface area (Å²) in [5, 5.41) is 0. The van der Waals surface area contributed by atoms with Crippen molar-refractivity contribution in [2.75, 3.05) is 20.2 Å². The highest BCUT2D eigenvalue weighted by Gasteiger charge is 2.20. The molecule has 132 valence electrons. The number of fused-ring (bicyclic) bond motifs is 2. The van der Waals surface area contributed by atoms with Crippen molar-refractivity contribution in [2.24, 2.45) is 0 Å². The zero-order valence-electron chi connectivity index (χ0n) is 14.0. The molecule has 0 saturated carbocycles. The van der Waals surface area contributed by atoms with Crippen LogP contribution in [0.2, 0.25) is 0 Å². The normalized spacial score (nSPS) is 14.9. The van der Waals surface area contributed by atoms with Gasteiger partial charge in [0.25, 0.3) is 5.91 Å². The zero-order valence-corrected chi connectivity index (χ0v) is 14.0. The third-order valence-electron chi connectivity index (χ3n) is 4.09. The van der Waals surface area contributed by atoms with Gasteiger partial charge in [0.05, 0.1) is 23.9 Å². The summed E-state index contributed by atoms with van der Waals surface area (Å²) in [6.45, 7) is 4.41. The van der Waals surface area contributed by atoms with Crippen molar-refractivity contribution in [3.63, 3.8) is 0 Å². The summed E-state index contributed by atoms with van der Waals surface area (Å²) in [5.74, 6) is 0.0649. The van der Waals surface area contributed by atoms with Crippen molar-refractivity contribution < 1.29 is 18.7 Å². The average molecular weight is 354 g/mol. The number of ether oxygens (including phenoxy) is 2. The molecular formula is C18H15FN4O3. The van der Waals surface area contributed by atoms with Crippen molar-refractivity contribution in [3.8, 4) is 11.6 Å². The summed E-state index contributed by atoms with van der Waals surface area (Å²) in [6.07, 6.45) is 2.97. The van der Waals surface area contributed by atoms with Crippen LogP contribution < -0.4 is 9.47 Å². The number of aromatic nitrogens is 3. The van der Waals surface area contributed by atoms with E-state index in [9.17, 15) is 9.18 Å². The molecule has 2 aromatic heterocycles. The Bertz CT molecular complexity index is 1030. The predicted octanol–water partition coefficient (Wildman–Crippen LogP) is 2.61. The molecule has 1 aliphatic rings. The van der Waals surface area contributed by atoms with E-state index in [0.29, 0.717) is 34.6 Å². The number of likely N-dealkylation sites (N-methyl/N-ethyl adjacent to an activating group) is 1. The van der Waals surface area contributed by atoms with Gasteiger partial charge in [0.2, 0.25) is 5.88 Å². The van der Waals surface area contributed by atoms with Crippen LogP contribution in [0.3, 0.4) is 0 Å². The van der Waals surface area contributed by atoms with Crippen LogP contribution in [0.5, 0.6) is 11.6 Å². The summed E-state index contributed by atoms with van der Waals surface area (Å²) >= 11 is 0. The summed E-state index contributed by atoms with van der Waals surface area (Å²) in [7, 11) is 1.67. The lowest BCUT2D eigenvalue weighted by Gasteiger charge is -2.18. The number of hydrogen-bond acceptors (Lipinski definition) is 5. The number of nitrogens with zero attached hydrogens (tertiary/aromatic N) is 3. The number of halogens is 1. The molecule has 8 heteroatoms. The van der Waals surface area contributed by atoms with Gasteiger partial charge in [-0.25, -0.2) is 14.4 Å². The highest BCUT2D eigenvalue weighted by molar-refractivity contribution is 6.04. The third kappa shape index (κ3) is 2.75. The monoisotopic (exact) mass is 354 g/mol. The highest BCUT2D eigenvalue weighted by atomic mass is 19.1. The molecule has 0 saturated heterocycles. The molecule has 4 rings (SSSR count). The largest absolute Gasteiger partial charge is 0.491 e. The highest BCUT2D eigenvalue weighted by Crippen LogP contribution is 2.29. The molecule has 1 aromatic carbocycles. The van der Waals surface area contributed by atoms with Crippen LogP contribution in [0.25, 0.3) is 16.9 Å². The van der Waals surface area contributed by atoms with Crippen LogP contribution in [0.15, 0.2) is 37.2 Å². The molecule has 3 heterocycles. The van der Waals surface area contributed by atoms with E-state index in [1.807, 2.05) is 0 Å². The molecule has 1 amide bonds. The van der Waals surface area contributed by atoms with Crippen LogP contribution in [-0.2, 0) is 0 Å². The Morgan fingerprint density at radius 3 is 3.04 bits per heavy atom. The van der Waals surface area contributed by atoms with Gasteiger partial charge in [-0.05, 0) is 18.2 Å². The SMILES string of the molecule is C=C1Oc2cnc3[nH]cc(c3n2)C(=O)N(C)CCOc2ccc(F)cc21. The number of carbonyl (C=O) groups is 1. The van der Waals surface area contributed by atoms with Gasteiger partial charge in [-0.3, -0.25) is 4.79 Å². The second kappa shape index (κ2) is 6.14. The maximum absolute atomic E-state index is 13.7. The molecule has 26 heavy (non-hydrogen) atoms. The predicted molar refractivity (Wildman–Crippen MR) is 92.4 cm³/mol. The summed E-state index contributed by atoms with van der Waals surface area (Å²) in [5.41, 5.74) is 1.62. The second-order valence-corrected chi connectivity index (χ2v) is 5.85. The van der Waals surface area contributed by atoms with Gasteiger partial charge in [0, 0.05) is 13.2 Å². The van der Waals surface area contributed by atoms with Gasteiger partial charge in [-0.15, -0.1) is 0 Å². The van der Waals surface area contributed by atoms with E-state index in [-0.39, 0.29) is 24.2 Å². The average Bonchev–Trinajstić information content (AvgIpc) is 3.04. The summed E-state index contributed by atoms with van der Waals surface area (Å²) < 4.78 is 25.0. The van der Waals surface area contributed by atoms with E-state index in [0.717, 1.165) is 0 Å². The van der Waals surface area contributed by atoms with E-state index in [4.69, 9.17) is 9.47 Å². The van der Waals surface area contributed by atoms with Gasteiger partial charge in [0.15, 0.2) is 5.65 Å². The first-order chi connectivity index (χ1) is 12.5. The molecule has 1 aliphatic heterocycles. The molecule has 0 radical (unpaired) electrons. The molecule has 0 fully saturated rings. The lowest BCUT2D eigenvalue weighted by molar-refractivity contribution is 0.0775. The number of carbonyl (C=O) groups excluding carboxylic acids is 1. The fraction of sp³-hybridized carbons (Fsp3) is 0.167. The molecule has 0 unspecified atom stereocenters. The van der Waals surface area contributed by atoms with Crippen LogP contribution in [-0.4, -0.2) is 46.0 Å². The second-order valence-electron chi connectivity index (χ2n) is 5.85. The van der Waals surface area contributed by atoms with Crippen molar-refractivity contribution in [1.29, 1.82) is 0 Å². The standard InChI is InChI=1S/C18H15FN4O3/c1-10-12-7-11(19)3-4-14(12)25-6-5-23(2)18(24)13-8-20-17-16(13)22-15(26-10)9-21-17/h3-4,7-9H,1,5-6H2,2H3,(H,20,21). The Kier molecular flexibility index (Phi) is 3.80. The zero-order chi connectivity index (χ0) is 18.3. The van der Waals surface area contributed by atoms with E-state index in [2.05, 4.69) is 21.5 Å². The Morgan fingerprint density at radius 2 is 2.19 bits per heavy atom. The van der Waals surface area contributed by atoms with E-state index >= 15 is 0 Å². The first-order valence-corrected chi connectivity index (χ1v) is 7.92. The quantitative estimate of drug-likeness (QED) is 0.671. The summed E-state index contributed by atoms with van der Waals surface area (Å²) in [4.78, 5) is 25.7. The van der Waals surface area contributed by atoms with Crippen LogP contribution in [0.4, 0.5) is 4.39 Å². The number of H-pyrrole nitrogens is 1. The maximum atomic E-state index is 13.7. The summed E-state index contributed by atoms with van der Waals surface area (Å²) in [6, 6.07) is 4.07. The topological polar surface area (TPSA) is 80.3 Å². The van der Waals surface area contributed by atoms with Crippen molar-refractivity contribution in [3.05, 3.63) is 54.1 Å². The van der Waals surface area contributed by atoms with Crippen LogP contribution in [0, 0.1) is 5.82 Å². The minimum absolute atomic E-state index is 0.147. The smallest absolute Gasteiger partial charge is 0.257 e. The number of aromatic amines is 1. The lowest BCUT2D eigenvalue weighted by atomic mass is 10.1. The Hall–Kier alpha value is -3.42. The molecule has 1 N–H and O–H groups in total. The van der Waals surface area contributed by atoms with E-state index < -0.39 is 5.82 Å². The molecule has 3 aromatic rings. The number of amides is 1. The lowest BCUT2D eigenvalue weighted by Crippen LogP contribution is -2.30. The van der Waals surface area contributed by atoms with Crippen molar-refractivity contribution in [2.45, 2.75) is 0 Å². The first-order valence-electron chi connectivity index (χ1n) is 7.92. The van der Waals surface area contributed by atoms with Gasteiger partial charge in [-0.1, -0.05) is 6.58 Å². The Balaban J connectivity index is 1.83. The van der Waals surface area contributed by atoms with Gasteiger partial charge < -0.3 is 19.4 Å². The number of nitrogens with one attached hydrogen (secondary N) is 1. The minimum Gasteiger partial charge on any atom is -0.491 e. The van der Waals surface area contributed by atoms with Crippen LogP contribution in [0.1, 0.15) is 15.9 Å². The maximum Gasteiger partial charge on any atom is 0.257 e. The van der Waals surface area contributed by atoms with Crippen molar-refractivity contribution >= 4 is 22.8 Å². The fourth-order valence-electron chi connectivity index (χ4n) is 2.71. The Labute approximate surface area is 148 Å². The fourth-order valence-corrected chi connectivity index (χ4v) is 2.71.